The van der Waals surface area contributed by atoms with Crippen LogP contribution in [0.1, 0.15) is 54.4 Å². The van der Waals surface area contributed by atoms with Gasteiger partial charge in [0.15, 0.2) is 0 Å². The number of aromatic amines is 1. The number of H-pyrrole nitrogens is 1. The zero-order chi connectivity index (χ0) is 36.3. The van der Waals surface area contributed by atoms with Crippen molar-refractivity contribution in [3.63, 3.8) is 0 Å². The smallest absolute Gasteiger partial charge is 0.245 e. The molecule has 8 N–H and O–H groups in total. The molecule has 14 heteroatoms. The molecule has 3 heterocycles. The van der Waals surface area contributed by atoms with Crippen molar-refractivity contribution < 1.29 is 14.4 Å². The van der Waals surface area contributed by atoms with E-state index in [4.69, 9.17) is 23.1 Å². The zero-order valence-corrected chi connectivity index (χ0v) is 30.2. The van der Waals surface area contributed by atoms with Gasteiger partial charge in [0.2, 0.25) is 17.7 Å². The standard InChI is InChI=1S/C37H44ClN9O3S/c1-47-32(18-25-21-43-29-10-3-2-9-27(25)29)35(49)45-22-26-16-23(19-41)17-28(38)33(26)51-36-24(8-7-15-42-36)20-44-30(12-6-14-40)34(48)46-31(37(47)50)11-4-5-13-39/h2-3,7-10,15-17,21,30-32,43-44H,4-6,11-14,18,20,22,39-40H2,1H3,(H,45,49)(H,46,48)/t30-,31-,32-/m0/s1. The average Bonchev–Trinajstić information content (AvgIpc) is 3.55. The molecule has 1 aliphatic heterocycles. The molecule has 1 aliphatic rings. The van der Waals surface area contributed by atoms with Crippen molar-refractivity contribution in [3.8, 4) is 6.07 Å². The second kappa shape index (κ2) is 18.2. The minimum absolute atomic E-state index is 0.0427. The first-order valence-electron chi connectivity index (χ1n) is 17.1. The minimum Gasteiger partial charge on any atom is -0.361 e. The van der Waals surface area contributed by atoms with Crippen LogP contribution in [0.25, 0.3) is 10.9 Å². The van der Waals surface area contributed by atoms with Crippen molar-refractivity contribution in [2.24, 2.45) is 11.5 Å². The average molecular weight is 730 g/mol. The summed E-state index contributed by atoms with van der Waals surface area (Å²) in [7, 11) is 1.60. The highest BCUT2D eigenvalue weighted by Crippen LogP contribution is 2.38. The molecule has 2 aromatic heterocycles. The van der Waals surface area contributed by atoms with Crippen LogP contribution >= 0.6 is 23.4 Å². The predicted molar refractivity (Wildman–Crippen MR) is 199 cm³/mol. The lowest BCUT2D eigenvalue weighted by Gasteiger charge is -2.32. The van der Waals surface area contributed by atoms with Crippen LogP contribution in [0.5, 0.6) is 0 Å². The normalized spacial score (nSPS) is 19.1. The molecule has 3 amide bonds. The van der Waals surface area contributed by atoms with E-state index in [-0.39, 0.29) is 24.8 Å². The van der Waals surface area contributed by atoms with Crippen molar-refractivity contribution in [1.82, 2.24) is 30.8 Å². The van der Waals surface area contributed by atoms with Crippen molar-refractivity contribution >= 4 is 52.0 Å². The number of aromatic nitrogens is 2. The van der Waals surface area contributed by atoms with Gasteiger partial charge >= 0.3 is 0 Å². The molecule has 0 unspecified atom stereocenters. The number of para-hydroxylation sites is 1. The maximum Gasteiger partial charge on any atom is 0.245 e. The second-order valence-electron chi connectivity index (χ2n) is 12.6. The van der Waals surface area contributed by atoms with Crippen molar-refractivity contribution in [1.29, 1.82) is 5.26 Å². The molecule has 5 rings (SSSR count). The molecule has 3 atom stereocenters. The molecule has 12 nitrogen and oxygen atoms in total. The SMILES string of the molecule is CN1C(=O)[C@H](CCCCN)NC(=O)[C@H](CCCN)NCc2cccnc2Sc2c(Cl)cc(C#N)cc2CNC(=O)[C@@H]1Cc1c[nH]c2ccccc12. The number of likely N-dealkylation sites (N-methyl/N-ethyl adjacent to an activating group) is 1. The Morgan fingerprint density at radius 3 is 2.55 bits per heavy atom. The van der Waals surface area contributed by atoms with Crippen LogP contribution in [0.2, 0.25) is 5.02 Å². The number of unbranched alkanes of at least 4 members (excludes halogenated alkanes) is 1. The van der Waals surface area contributed by atoms with Gasteiger partial charge in [-0.05, 0) is 86.1 Å². The number of nitrogens with two attached hydrogens (primary N) is 2. The molecule has 0 saturated carbocycles. The number of pyridine rings is 1. The van der Waals surface area contributed by atoms with Crippen LogP contribution in [0.4, 0.5) is 0 Å². The highest BCUT2D eigenvalue weighted by atomic mass is 35.5. The van der Waals surface area contributed by atoms with Gasteiger partial charge in [0.25, 0.3) is 0 Å². The summed E-state index contributed by atoms with van der Waals surface area (Å²) in [6.45, 7) is 1.19. The highest BCUT2D eigenvalue weighted by Gasteiger charge is 2.34. The van der Waals surface area contributed by atoms with Gasteiger partial charge in [0.1, 0.15) is 17.1 Å². The molecular weight excluding hydrogens is 686 g/mol. The molecular formula is C37H44ClN9O3S. The molecule has 0 bridgehead atoms. The first-order chi connectivity index (χ1) is 24.7. The van der Waals surface area contributed by atoms with Crippen LogP contribution < -0.4 is 27.4 Å². The lowest BCUT2D eigenvalue weighted by Crippen LogP contribution is -2.57. The number of hydrogen-bond acceptors (Lipinski definition) is 9. The molecule has 4 aromatic rings. The quantitative estimate of drug-likeness (QED) is 0.139. The lowest BCUT2D eigenvalue weighted by atomic mass is 10.0. The topological polar surface area (TPSA) is 195 Å². The van der Waals surface area contributed by atoms with Gasteiger partial charge in [-0.1, -0.05) is 47.6 Å². The van der Waals surface area contributed by atoms with Crippen LogP contribution in [-0.4, -0.2) is 70.9 Å². The summed E-state index contributed by atoms with van der Waals surface area (Å²) in [5, 5.41) is 21.1. The van der Waals surface area contributed by atoms with E-state index in [9.17, 15) is 19.6 Å². The Balaban J connectivity index is 1.59. The summed E-state index contributed by atoms with van der Waals surface area (Å²) in [4.78, 5) is 52.5. The summed E-state index contributed by atoms with van der Waals surface area (Å²) in [6, 6.07) is 14.4. The third-order valence-corrected chi connectivity index (χ3v) is 10.7. The number of fused-ring (bicyclic) bond motifs is 3. The maximum atomic E-state index is 14.4. The Morgan fingerprint density at radius 1 is 0.980 bits per heavy atom. The molecule has 51 heavy (non-hydrogen) atoms. The Hall–Kier alpha value is -4.45. The Kier molecular flexibility index (Phi) is 13.5. The van der Waals surface area contributed by atoms with Gasteiger partial charge in [0.05, 0.1) is 22.7 Å². The fourth-order valence-electron chi connectivity index (χ4n) is 6.23. The minimum atomic E-state index is -0.944. The molecule has 0 radical (unpaired) electrons. The number of nitrogens with one attached hydrogen (secondary N) is 4. The molecule has 0 aliphatic carbocycles. The first-order valence-corrected chi connectivity index (χ1v) is 18.3. The Labute approximate surface area is 307 Å². The van der Waals surface area contributed by atoms with Gasteiger partial charge in [-0.2, -0.15) is 5.26 Å². The van der Waals surface area contributed by atoms with Gasteiger partial charge < -0.3 is 37.3 Å². The van der Waals surface area contributed by atoms with Crippen molar-refractivity contribution in [3.05, 3.63) is 88.2 Å². The summed E-state index contributed by atoms with van der Waals surface area (Å²) in [6.07, 6.45) is 6.40. The van der Waals surface area contributed by atoms with Gasteiger partial charge in [-0.3, -0.25) is 14.4 Å². The van der Waals surface area contributed by atoms with Crippen molar-refractivity contribution in [2.45, 2.75) is 79.7 Å². The van der Waals surface area contributed by atoms with E-state index in [2.05, 4.69) is 32.0 Å². The summed E-state index contributed by atoms with van der Waals surface area (Å²) in [5.41, 5.74) is 15.2. The monoisotopic (exact) mass is 729 g/mol. The van der Waals surface area contributed by atoms with E-state index in [1.54, 1.807) is 25.4 Å². The number of nitrogens with zero attached hydrogens (tertiary/aromatic N) is 3. The predicted octanol–water partition coefficient (Wildman–Crippen LogP) is 3.75. The summed E-state index contributed by atoms with van der Waals surface area (Å²) >= 11 is 8.10. The number of carbonyl (C=O) groups excluding carboxylic acids is 3. The Bertz CT molecular complexity index is 1890. The summed E-state index contributed by atoms with van der Waals surface area (Å²) in [5.74, 6) is -1.12. The van der Waals surface area contributed by atoms with Crippen LogP contribution in [-0.2, 0) is 33.9 Å². The number of amides is 3. The van der Waals surface area contributed by atoms with Gasteiger partial charge in [0, 0.05) is 54.8 Å². The zero-order valence-electron chi connectivity index (χ0n) is 28.6. The third kappa shape index (κ3) is 9.46. The van der Waals surface area contributed by atoms with E-state index in [0.717, 1.165) is 22.0 Å². The van der Waals surface area contributed by atoms with Crippen LogP contribution in [0.3, 0.4) is 0 Å². The van der Waals surface area contributed by atoms with E-state index in [0.29, 0.717) is 77.8 Å². The van der Waals surface area contributed by atoms with Crippen LogP contribution in [0.15, 0.2) is 70.8 Å². The molecule has 0 spiro atoms. The largest absolute Gasteiger partial charge is 0.361 e. The van der Waals surface area contributed by atoms with Crippen molar-refractivity contribution in [2.75, 3.05) is 20.1 Å². The highest BCUT2D eigenvalue weighted by molar-refractivity contribution is 7.99. The molecule has 2 aromatic carbocycles. The number of hydrogen-bond donors (Lipinski definition) is 6. The first kappa shape index (κ1) is 37.8. The van der Waals surface area contributed by atoms with E-state index < -0.39 is 24.0 Å². The summed E-state index contributed by atoms with van der Waals surface area (Å²) < 4.78 is 0. The fraction of sp³-hybridized carbons (Fsp3) is 0.378. The lowest BCUT2D eigenvalue weighted by molar-refractivity contribution is -0.142. The third-order valence-electron chi connectivity index (χ3n) is 9.07. The molecule has 0 saturated heterocycles. The Morgan fingerprint density at radius 2 is 1.76 bits per heavy atom. The fourth-order valence-corrected chi connectivity index (χ4v) is 7.58. The maximum absolute atomic E-state index is 14.4. The number of carbonyl (C=O) groups is 3. The van der Waals surface area contributed by atoms with Crippen LogP contribution in [0, 0.1) is 11.3 Å². The van der Waals surface area contributed by atoms with Gasteiger partial charge in [-0.15, -0.1) is 0 Å². The van der Waals surface area contributed by atoms with E-state index in [1.165, 1.54) is 16.7 Å². The number of halogens is 1. The molecule has 0 fully saturated rings. The number of nitriles is 1. The number of benzene rings is 2. The van der Waals surface area contributed by atoms with Gasteiger partial charge in [-0.25, -0.2) is 4.98 Å². The van der Waals surface area contributed by atoms with E-state index in [1.807, 2.05) is 42.6 Å². The van der Waals surface area contributed by atoms with E-state index >= 15 is 0 Å². The number of rotatable bonds is 9. The molecule has 268 valence electrons. The second-order valence-corrected chi connectivity index (χ2v) is 14.0.